The molecule has 2 heteroatoms. The fourth-order valence-corrected chi connectivity index (χ4v) is 4.95. The van der Waals surface area contributed by atoms with E-state index < -0.39 is 0 Å². The maximum atomic E-state index is 6.38. The van der Waals surface area contributed by atoms with E-state index in [1.165, 1.54) is 50.2 Å². The van der Waals surface area contributed by atoms with Crippen LogP contribution >= 0.6 is 0 Å². The van der Waals surface area contributed by atoms with Crippen LogP contribution in [0.1, 0.15) is 72.1 Å². The average molecular weight is 493 g/mol. The SMILES string of the molecule is C=C(N)C(Cc1ccc(CCc2ccc(CC)cc2)c(NC)c1)c1ccc(C(/C=C\CC)=C/C)cc1C. The summed E-state index contributed by atoms with van der Waals surface area (Å²) in [5.74, 6) is 0.0712. The molecule has 0 amide bonds. The first-order valence-electron chi connectivity index (χ1n) is 13.6. The van der Waals surface area contributed by atoms with Crippen LogP contribution in [0.5, 0.6) is 0 Å². The minimum Gasteiger partial charge on any atom is -0.402 e. The molecule has 0 aliphatic heterocycles. The molecule has 3 aromatic rings. The summed E-state index contributed by atoms with van der Waals surface area (Å²) in [6.45, 7) is 12.8. The lowest BCUT2D eigenvalue weighted by Crippen LogP contribution is -2.14. The minimum atomic E-state index is 0.0712. The van der Waals surface area contributed by atoms with Crippen molar-refractivity contribution in [1.82, 2.24) is 0 Å². The molecule has 3 N–H and O–H groups in total. The van der Waals surface area contributed by atoms with Crippen molar-refractivity contribution in [2.45, 2.75) is 65.7 Å². The molecule has 0 spiro atoms. The Morgan fingerprint density at radius 2 is 1.65 bits per heavy atom. The second kappa shape index (κ2) is 13.7. The molecule has 3 rings (SSSR count). The lowest BCUT2D eigenvalue weighted by Gasteiger charge is -2.21. The molecule has 0 aliphatic rings. The zero-order valence-corrected chi connectivity index (χ0v) is 23.4. The van der Waals surface area contributed by atoms with E-state index in [2.05, 4.69) is 118 Å². The largest absolute Gasteiger partial charge is 0.402 e. The van der Waals surface area contributed by atoms with Crippen LogP contribution in [0.3, 0.4) is 0 Å². The van der Waals surface area contributed by atoms with Gasteiger partial charge in [-0.15, -0.1) is 0 Å². The number of hydrogen-bond donors (Lipinski definition) is 2. The van der Waals surface area contributed by atoms with Gasteiger partial charge in [-0.3, -0.25) is 0 Å². The van der Waals surface area contributed by atoms with Gasteiger partial charge in [0.1, 0.15) is 0 Å². The molecule has 2 nitrogen and oxygen atoms in total. The van der Waals surface area contributed by atoms with Crippen molar-refractivity contribution in [2.75, 3.05) is 12.4 Å². The van der Waals surface area contributed by atoms with E-state index in [-0.39, 0.29) is 5.92 Å². The Morgan fingerprint density at radius 3 is 2.24 bits per heavy atom. The number of hydrogen-bond acceptors (Lipinski definition) is 2. The number of benzene rings is 3. The zero-order chi connectivity index (χ0) is 26.8. The summed E-state index contributed by atoms with van der Waals surface area (Å²) in [7, 11) is 2.01. The van der Waals surface area contributed by atoms with E-state index in [0.717, 1.165) is 32.1 Å². The van der Waals surface area contributed by atoms with Gasteiger partial charge in [-0.2, -0.15) is 0 Å². The highest BCUT2D eigenvalue weighted by molar-refractivity contribution is 5.74. The lowest BCUT2D eigenvalue weighted by molar-refractivity contribution is 0.772. The smallest absolute Gasteiger partial charge is 0.0373 e. The van der Waals surface area contributed by atoms with E-state index in [4.69, 9.17) is 5.73 Å². The summed E-state index contributed by atoms with van der Waals surface area (Å²) in [5, 5.41) is 3.42. The van der Waals surface area contributed by atoms with Crippen LogP contribution < -0.4 is 11.1 Å². The molecule has 37 heavy (non-hydrogen) atoms. The van der Waals surface area contributed by atoms with Crippen LogP contribution in [0.2, 0.25) is 0 Å². The molecule has 0 saturated heterocycles. The van der Waals surface area contributed by atoms with Crippen molar-refractivity contribution < 1.29 is 0 Å². The van der Waals surface area contributed by atoms with Gasteiger partial charge in [0.2, 0.25) is 0 Å². The van der Waals surface area contributed by atoms with Gasteiger partial charge < -0.3 is 11.1 Å². The molecular formula is C35H44N2. The maximum absolute atomic E-state index is 6.38. The second-order valence-electron chi connectivity index (χ2n) is 9.87. The molecular weight excluding hydrogens is 448 g/mol. The third-order valence-electron chi connectivity index (χ3n) is 7.27. The van der Waals surface area contributed by atoms with Gasteiger partial charge in [0.05, 0.1) is 0 Å². The van der Waals surface area contributed by atoms with Crippen LogP contribution in [-0.4, -0.2) is 7.05 Å². The number of nitrogens with two attached hydrogens (primary N) is 1. The fourth-order valence-electron chi connectivity index (χ4n) is 4.95. The standard InChI is InChI=1S/C35H44N2/c1-7-10-11-30(9-3)32-20-21-33(25(4)22-32)34(26(5)36)23-29-17-19-31(35(24-29)37-6)18-16-28-14-12-27(8-2)13-15-28/h9-15,17,19-22,24,34,37H,5,7-8,16,18,23,36H2,1-4,6H3/b11-10-,30-9+. The second-order valence-corrected chi connectivity index (χ2v) is 9.87. The van der Waals surface area contributed by atoms with Gasteiger partial charge in [-0.1, -0.05) is 93.3 Å². The summed E-state index contributed by atoms with van der Waals surface area (Å²) in [6.07, 6.45) is 11.6. The van der Waals surface area contributed by atoms with Gasteiger partial charge in [0.25, 0.3) is 0 Å². The molecule has 0 aliphatic carbocycles. The number of nitrogens with one attached hydrogen (secondary N) is 1. The molecule has 0 bridgehead atoms. The van der Waals surface area contributed by atoms with Crippen molar-refractivity contribution in [2.24, 2.45) is 5.73 Å². The van der Waals surface area contributed by atoms with Crippen molar-refractivity contribution in [1.29, 1.82) is 0 Å². The first-order valence-corrected chi connectivity index (χ1v) is 13.6. The fraction of sp³-hybridized carbons (Fsp3) is 0.314. The van der Waals surface area contributed by atoms with Crippen LogP contribution in [0.15, 0.2) is 91.2 Å². The highest BCUT2D eigenvalue weighted by Crippen LogP contribution is 2.31. The van der Waals surface area contributed by atoms with Gasteiger partial charge in [0, 0.05) is 24.4 Å². The van der Waals surface area contributed by atoms with Gasteiger partial charge in [-0.05, 0) is 96.5 Å². The Bertz CT molecular complexity index is 1240. The van der Waals surface area contributed by atoms with E-state index in [1.807, 2.05) is 7.05 Å². The molecule has 194 valence electrons. The Morgan fingerprint density at radius 1 is 0.946 bits per heavy atom. The number of allylic oxidation sites excluding steroid dienone is 5. The predicted octanol–water partition coefficient (Wildman–Crippen LogP) is 8.55. The summed E-state index contributed by atoms with van der Waals surface area (Å²) < 4.78 is 0. The van der Waals surface area contributed by atoms with Crippen LogP contribution in [0, 0.1) is 6.92 Å². The van der Waals surface area contributed by atoms with Crippen molar-refractivity contribution in [3.63, 3.8) is 0 Å². The summed E-state index contributed by atoms with van der Waals surface area (Å²) in [6, 6.07) is 22.5. The summed E-state index contributed by atoms with van der Waals surface area (Å²) in [4.78, 5) is 0. The third kappa shape index (κ3) is 7.49. The summed E-state index contributed by atoms with van der Waals surface area (Å²) in [5.41, 5.74) is 18.6. The van der Waals surface area contributed by atoms with E-state index in [0.29, 0.717) is 5.70 Å². The molecule has 1 atom stereocenters. The van der Waals surface area contributed by atoms with E-state index in [9.17, 15) is 0 Å². The van der Waals surface area contributed by atoms with E-state index >= 15 is 0 Å². The highest BCUT2D eigenvalue weighted by Gasteiger charge is 2.18. The monoisotopic (exact) mass is 492 g/mol. The Hall–Kier alpha value is -3.52. The number of rotatable bonds is 12. The molecule has 0 saturated carbocycles. The lowest BCUT2D eigenvalue weighted by atomic mass is 9.85. The van der Waals surface area contributed by atoms with Crippen molar-refractivity contribution in [3.8, 4) is 0 Å². The average Bonchev–Trinajstić information content (AvgIpc) is 2.91. The Balaban J connectivity index is 1.79. The van der Waals surface area contributed by atoms with Gasteiger partial charge in [-0.25, -0.2) is 0 Å². The van der Waals surface area contributed by atoms with Crippen LogP contribution in [0.4, 0.5) is 5.69 Å². The molecule has 0 heterocycles. The highest BCUT2D eigenvalue weighted by atomic mass is 14.8. The maximum Gasteiger partial charge on any atom is 0.0373 e. The number of aryl methyl sites for hydroxylation is 4. The quantitative estimate of drug-likeness (QED) is 0.249. The predicted molar refractivity (Wildman–Crippen MR) is 163 cm³/mol. The van der Waals surface area contributed by atoms with Gasteiger partial charge >= 0.3 is 0 Å². The first-order chi connectivity index (χ1) is 17.9. The third-order valence-corrected chi connectivity index (χ3v) is 7.27. The number of anilines is 1. The minimum absolute atomic E-state index is 0.0712. The van der Waals surface area contributed by atoms with E-state index in [1.54, 1.807) is 0 Å². The first kappa shape index (κ1) is 28.1. The molecule has 0 radical (unpaired) electrons. The molecule has 3 aromatic carbocycles. The normalized spacial score (nSPS) is 12.6. The van der Waals surface area contributed by atoms with Crippen LogP contribution in [-0.2, 0) is 25.7 Å². The van der Waals surface area contributed by atoms with Crippen LogP contribution in [0.25, 0.3) is 5.57 Å². The Labute approximate surface area is 225 Å². The molecule has 0 aromatic heterocycles. The summed E-state index contributed by atoms with van der Waals surface area (Å²) >= 11 is 0. The van der Waals surface area contributed by atoms with Crippen molar-refractivity contribution in [3.05, 3.63) is 130 Å². The molecule has 1 unspecified atom stereocenters. The van der Waals surface area contributed by atoms with Crippen molar-refractivity contribution >= 4 is 11.3 Å². The molecule has 0 fully saturated rings. The van der Waals surface area contributed by atoms with Gasteiger partial charge in [0.15, 0.2) is 0 Å². The topological polar surface area (TPSA) is 38.0 Å². The Kier molecular flexibility index (Phi) is 10.4. The zero-order valence-electron chi connectivity index (χ0n) is 23.4.